The number of anilines is 1. The van der Waals surface area contributed by atoms with Crippen LogP contribution in [0.3, 0.4) is 0 Å². The maximum absolute atomic E-state index is 12.1. The number of nitro groups is 1. The Morgan fingerprint density at radius 3 is 2.70 bits per heavy atom. The van der Waals surface area contributed by atoms with E-state index in [0.29, 0.717) is 23.9 Å². The van der Waals surface area contributed by atoms with Gasteiger partial charge in [0.2, 0.25) is 5.91 Å². The van der Waals surface area contributed by atoms with Crippen LogP contribution in [-0.4, -0.2) is 51.5 Å². The minimum atomic E-state index is -0.448. The normalized spacial score (nSPS) is 10.4. The van der Waals surface area contributed by atoms with Crippen LogP contribution < -0.4 is 15.4 Å². The molecule has 0 aliphatic rings. The fourth-order valence-electron chi connectivity index (χ4n) is 2.61. The molecule has 0 saturated heterocycles. The molecule has 1 amide bonds. The van der Waals surface area contributed by atoms with E-state index in [2.05, 4.69) is 20.8 Å². The molecule has 3 aromatic rings. The number of nitrogens with one attached hydrogen (secondary N) is 2. The molecule has 10 nitrogen and oxygen atoms in total. The SMILES string of the molecule is COc1ccc(-n2cnnc2SCC(=O)NCCNc2ccccc2[N+](=O)[O-])cc1. The first-order chi connectivity index (χ1) is 14.6. The lowest BCUT2D eigenvalue weighted by Crippen LogP contribution is -2.30. The van der Waals surface area contributed by atoms with E-state index in [1.54, 1.807) is 36.2 Å². The molecular formula is C19H20N6O4S. The number of hydrogen-bond acceptors (Lipinski definition) is 8. The number of amides is 1. The molecule has 11 heteroatoms. The number of carbonyl (C=O) groups excluding carboxylic acids is 1. The number of para-hydroxylation sites is 2. The quantitative estimate of drug-likeness (QED) is 0.218. The fraction of sp³-hybridized carbons (Fsp3) is 0.211. The summed E-state index contributed by atoms with van der Waals surface area (Å²) in [5.41, 5.74) is 1.27. The summed E-state index contributed by atoms with van der Waals surface area (Å²) in [5.74, 6) is 0.740. The Morgan fingerprint density at radius 2 is 1.97 bits per heavy atom. The highest BCUT2D eigenvalue weighted by Gasteiger charge is 2.12. The molecule has 0 spiro atoms. The summed E-state index contributed by atoms with van der Waals surface area (Å²) in [5, 5.41) is 25.3. The molecule has 0 bridgehead atoms. The van der Waals surface area contributed by atoms with Crippen LogP contribution >= 0.6 is 11.8 Å². The maximum atomic E-state index is 12.1. The lowest BCUT2D eigenvalue weighted by atomic mass is 10.2. The van der Waals surface area contributed by atoms with E-state index >= 15 is 0 Å². The van der Waals surface area contributed by atoms with Crippen LogP contribution in [0.4, 0.5) is 11.4 Å². The van der Waals surface area contributed by atoms with E-state index in [0.717, 1.165) is 11.4 Å². The standard InChI is InChI=1S/C19H20N6O4S/c1-29-15-8-6-14(7-9-15)24-13-22-23-19(24)30-12-18(26)21-11-10-20-16-4-2-3-5-17(16)25(27)28/h2-9,13,20H,10-12H2,1H3,(H,21,26). The number of methoxy groups -OCH3 is 1. The van der Waals surface area contributed by atoms with Gasteiger partial charge < -0.3 is 15.4 Å². The minimum absolute atomic E-state index is 0.00255. The summed E-state index contributed by atoms with van der Waals surface area (Å²) >= 11 is 1.26. The summed E-state index contributed by atoms with van der Waals surface area (Å²) in [4.78, 5) is 22.7. The van der Waals surface area contributed by atoms with Crippen molar-refractivity contribution in [1.82, 2.24) is 20.1 Å². The average molecular weight is 428 g/mol. The van der Waals surface area contributed by atoms with Gasteiger partial charge in [-0.2, -0.15) is 0 Å². The number of benzene rings is 2. The van der Waals surface area contributed by atoms with Crippen molar-refractivity contribution < 1.29 is 14.5 Å². The third kappa shape index (κ3) is 5.47. The third-order valence-electron chi connectivity index (χ3n) is 4.06. The summed E-state index contributed by atoms with van der Waals surface area (Å²) in [6.45, 7) is 0.694. The zero-order chi connectivity index (χ0) is 21.3. The third-order valence-corrected chi connectivity index (χ3v) is 5.01. The molecule has 2 aromatic carbocycles. The molecule has 0 unspecified atom stereocenters. The van der Waals surface area contributed by atoms with Gasteiger partial charge in [-0.25, -0.2) is 0 Å². The van der Waals surface area contributed by atoms with Crippen LogP contribution in [0.15, 0.2) is 60.0 Å². The Bertz CT molecular complexity index is 1010. The Balaban J connectivity index is 1.46. The largest absolute Gasteiger partial charge is 0.497 e. The Kier molecular flexibility index (Phi) is 7.22. The summed E-state index contributed by atoms with van der Waals surface area (Å²) < 4.78 is 6.94. The van der Waals surface area contributed by atoms with Gasteiger partial charge in [0.25, 0.3) is 5.69 Å². The molecule has 0 saturated carbocycles. The predicted molar refractivity (Wildman–Crippen MR) is 113 cm³/mol. The Hall–Kier alpha value is -3.60. The second-order valence-corrected chi connectivity index (χ2v) is 6.96. The van der Waals surface area contributed by atoms with Gasteiger partial charge in [-0.1, -0.05) is 23.9 Å². The number of thioether (sulfide) groups is 1. The highest BCUT2D eigenvalue weighted by molar-refractivity contribution is 7.99. The average Bonchev–Trinajstić information content (AvgIpc) is 3.24. The highest BCUT2D eigenvalue weighted by atomic mass is 32.2. The molecule has 30 heavy (non-hydrogen) atoms. The van der Waals surface area contributed by atoms with Crippen LogP contribution in [0.2, 0.25) is 0 Å². The molecule has 1 aromatic heterocycles. The van der Waals surface area contributed by atoms with Gasteiger partial charge in [-0.15, -0.1) is 10.2 Å². The number of nitro benzene ring substituents is 1. The summed E-state index contributed by atoms with van der Waals surface area (Å²) in [6, 6.07) is 13.8. The van der Waals surface area contributed by atoms with Crippen LogP contribution in [0.1, 0.15) is 0 Å². The van der Waals surface area contributed by atoms with E-state index in [1.807, 2.05) is 24.3 Å². The topological polar surface area (TPSA) is 124 Å². The Morgan fingerprint density at radius 1 is 1.20 bits per heavy atom. The number of rotatable bonds is 10. The zero-order valence-corrected chi connectivity index (χ0v) is 17.0. The van der Waals surface area contributed by atoms with Gasteiger partial charge >= 0.3 is 0 Å². The molecule has 0 aliphatic heterocycles. The van der Waals surface area contributed by atoms with Crippen molar-refractivity contribution in [1.29, 1.82) is 0 Å². The van der Waals surface area contributed by atoms with Crippen molar-refractivity contribution in [2.45, 2.75) is 5.16 Å². The van der Waals surface area contributed by atoms with Gasteiger partial charge in [-0.3, -0.25) is 19.5 Å². The second-order valence-electron chi connectivity index (χ2n) is 6.02. The maximum Gasteiger partial charge on any atom is 0.292 e. The Labute approximate surface area is 176 Å². The number of carbonyl (C=O) groups is 1. The summed E-state index contributed by atoms with van der Waals surface area (Å²) in [6.07, 6.45) is 1.58. The number of nitrogens with zero attached hydrogens (tertiary/aromatic N) is 4. The predicted octanol–water partition coefficient (Wildman–Crippen LogP) is 2.50. The molecule has 1 heterocycles. The van der Waals surface area contributed by atoms with E-state index < -0.39 is 4.92 Å². The van der Waals surface area contributed by atoms with Gasteiger partial charge in [0.05, 0.1) is 17.8 Å². The lowest BCUT2D eigenvalue weighted by molar-refractivity contribution is -0.384. The van der Waals surface area contributed by atoms with Crippen LogP contribution in [0.5, 0.6) is 5.75 Å². The first-order valence-corrected chi connectivity index (χ1v) is 9.98. The van der Waals surface area contributed by atoms with Crippen molar-refractivity contribution in [3.05, 3.63) is 65.0 Å². The van der Waals surface area contributed by atoms with Crippen LogP contribution in [0.25, 0.3) is 5.69 Å². The molecule has 0 radical (unpaired) electrons. The first kappa shape index (κ1) is 21.1. The van der Waals surface area contributed by atoms with E-state index in [-0.39, 0.29) is 17.3 Å². The van der Waals surface area contributed by atoms with Gasteiger partial charge in [0.1, 0.15) is 17.8 Å². The van der Waals surface area contributed by atoms with E-state index in [4.69, 9.17) is 4.74 Å². The minimum Gasteiger partial charge on any atom is -0.497 e. The molecule has 0 aliphatic carbocycles. The van der Waals surface area contributed by atoms with Crippen molar-refractivity contribution in [2.24, 2.45) is 0 Å². The van der Waals surface area contributed by atoms with Gasteiger partial charge in [0, 0.05) is 24.8 Å². The summed E-state index contributed by atoms with van der Waals surface area (Å²) in [7, 11) is 1.60. The first-order valence-electron chi connectivity index (χ1n) is 8.99. The smallest absolute Gasteiger partial charge is 0.292 e. The molecular weight excluding hydrogens is 408 g/mol. The molecule has 3 rings (SSSR count). The van der Waals surface area contributed by atoms with Crippen LogP contribution in [0, 0.1) is 10.1 Å². The fourth-order valence-corrected chi connectivity index (χ4v) is 3.36. The van der Waals surface area contributed by atoms with Crippen molar-refractivity contribution in [2.75, 3.05) is 31.3 Å². The second kappa shape index (κ2) is 10.3. The monoisotopic (exact) mass is 428 g/mol. The zero-order valence-electron chi connectivity index (χ0n) is 16.1. The number of ether oxygens (including phenoxy) is 1. The van der Waals surface area contributed by atoms with Gasteiger partial charge in [0.15, 0.2) is 5.16 Å². The molecule has 0 fully saturated rings. The van der Waals surface area contributed by atoms with Crippen molar-refractivity contribution >= 4 is 29.0 Å². The highest BCUT2D eigenvalue weighted by Crippen LogP contribution is 2.23. The van der Waals surface area contributed by atoms with Crippen molar-refractivity contribution in [3.63, 3.8) is 0 Å². The molecule has 0 atom stereocenters. The van der Waals surface area contributed by atoms with E-state index in [9.17, 15) is 14.9 Å². The molecule has 156 valence electrons. The van der Waals surface area contributed by atoms with Crippen LogP contribution in [-0.2, 0) is 4.79 Å². The van der Waals surface area contributed by atoms with Gasteiger partial charge in [-0.05, 0) is 30.3 Å². The number of hydrogen-bond donors (Lipinski definition) is 2. The lowest BCUT2D eigenvalue weighted by Gasteiger charge is -2.09. The van der Waals surface area contributed by atoms with Crippen molar-refractivity contribution in [3.8, 4) is 11.4 Å². The molecule has 2 N–H and O–H groups in total. The van der Waals surface area contributed by atoms with E-state index in [1.165, 1.54) is 17.8 Å². The number of aromatic nitrogens is 3.